The zero-order valence-electron chi connectivity index (χ0n) is 9.82. The van der Waals surface area contributed by atoms with Gasteiger partial charge >= 0.3 is 0 Å². The van der Waals surface area contributed by atoms with Gasteiger partial charge < -0.3 is 10.2 Å². The highest BCUT2D eigenvalue weighted by Crippen LogP contribution is 2.37. The van der Waals surface area contributed by atoms with Crippen molar-refractivity contribution < 1.29 is 4.92 Å². The summed E-state index contributed by atoms with van der Waals surface area (Å²) in [5.74, 6) is 0. The lowest BCUT2D eigenvalue weighted by atomic mass is 10.2. The third-order valence-electron chi connectivity index (χ3n) is 2.90. The fourth-order valence-electron chi connectivity index (χ4n) is 2.10. The molecule has 0 radical (unpaired) electrons. The second-order valence-electron chi connectivity index (χ2n) is 4.32. The summed E-state index contributed by atoms with van der Waals surface area (Å²) in [7, 11) is 0. The maximum atomic E-state index is 10.7. The molecule has 98 valence electrons. The molecule has 1 aliphatic heterocycles. The average molecular weight is 290 g/mol. The zero-order chi connectivity index (χ0) is 13.3. The van der Waals surface area contributed by atoms with Gasteiger partial charge in [0.05, 0.1) is 20.7 Å². The highest BCUT2D eigenvalue weighted by Gasteiger charge is 2.22. The van der Waals surface area contributed by atoms with Gasteiger partial charge in [0.2, 0.25) is 0 Å². The molecule has 1 aromatic carbocycles. The van der Waals surface area contributed by atoms with Crippen LogP contribution in [0.1, 0.15) is 6.92 Å². The van der Waals surface area contributed by atoms with E-state index in [2.05, 4.69) is 17.1 Å². The van der Waals surface area contributed by atoms with Crippen LogP contribution >= 0.6 is 23.2 Å². The number of piperazine rings is 1. The molecule has 0 spiro atoms. The van der Waals surface area contributed by atoms with Crippen molar-refractivity contribution in [1.29, 1.82) is 0 Å². The molecule has 0 saturated carbocycles. The second-order valence-corrected chi connectivity index (χ2v) is 5.13. The van der Waals surface area contributed by atoms with Gasteiger partial charge in [-0.3, -0.25) is 10.1 Å². The number of halogens is 2. The van der Waals surface area contributed by atoms with E-state index in [-0.39, 0.29) is 5.69 Å². The Balaban J connectivity index is 2.36. The molecular formula is C11H13Cl2N3O2. The molecule has 7 heteroatoms. The van der Waals surface area contributed by atoms with Gasteiger partial charge in [0.15, 0.2) is 0 Å². The molecule has 0 aliphatic carbocycles. The number of hydrogen-bond donors (Lipinski definition) is 1. The summed E-state index contributed by atoms with van der Waals surface area (Å²) in [4.78, 5) is 12.3. The van der Waals surface area contributed by atoms with Crippen molar-refractivity contribution in [2.75, 3.05) is 24.5 Å². The molecule has 1 aromatic rings. The Hall–Kier alpha value is -1.04. The molecule has 0 amide bonds. The Morgan fingerprint density at radius 3 is 2.56 bits per heavy atom. The number of hydrogen-bond acceptors (Lipinski definition) is 4. The molecule has 1 saturated heterocycles. The van der Waals surface area contributed by atoms with Gasteiger partial charge in [0, 0.05) is 37.8 Å². The van der Waals surface area contributed by atoms with Crippen LogP contribution in [0.15, 0.2) is 12.1 Å². The fraction of sp³-hybridized carbons (Fsp3) is 0.455. The van der Waals surface area contributed by atoms with E-state index < -0.39 is 4.92 Å². The van der Waals surface area contributed by atoms with E-state index in [0.29, 0.717) is 21.8 Å². The van der Waals surface area contributed by atoms with Crippen LogP contribution in [0.4, 0.5) is 11.4 Å². The lowest BCUT2D eigenvalue weighted by Crippen LogP contribution is -2.49. The zero-order valence-corrected chi connectivity index (χ0v) is 11.3. The molecule has 0 bridgehead atoms. The monoisotopic (exact) mass is 289 g/mol. The van der Waals surface area contributed by atoms with Crippen molar-refractivity contribution in [3.8, 4) is 0 Å². The molecule has 18 heavy (non-hydrogen) atoms. The maximum Gasteiger partial charge on any atom is 0.272 e. The molecular weight excluding hydrogens is 277 g/mol. The first kappa shape index (κ1) is 13.4. The van der Waals surface area contributed by atoms with Gasteiger partial charge in [-0.1, -0.05) is 23.2 Å². The number of nitrogens with zero attached hydrogens (tertiary/aromatic N) is 2. The minimum Gasteiger partial charge on any atom is -0.366 e. The topological polar surface area (TPSA) is 58.4 Å². The molecule has 1 fully saturated rings. The largest absolute Gasteiger partial charge is 0.366 e. The normalized spacial score (nSPS) is 19.9. The first-order chi connectivity index (χ1) is 8.49. The molecule has 1 heterocycles. The Morgan fingerprint density at radius 1 is 1.44 bits per heavy atom. The van der Waals surface area contributed by atoms with Crippen molar-refractivity contribution in [1.82, 2.24) is 5.32 Å². The molecule has 0 unspecified atom stereocenters. The predicted molar refractivity (Wildman–Crippen MR) is 72.8 cm³/mol. The minimum atomic E-state index is -0.498. The maximum absolute atomic E-state index is 10.7. The Morgan fingerprint density at radius 2 is 2.06 bits per heavy atom. The van der Waals surface area contributed by atoms with Crippen molar-refractivity contribution in [2.24, 2.45) is 0 Å². The predicted octanol–water partition coefficient (Wildman–Crippen LogP) is 2.70. The van der Waals surface area contributed by atoms with E-state index in [0.717, 1.165) is 19.6 Å². The average Bonchev–Trinajstić information content (AvgIpc) is 2.27. The highest BCUT2D eigenvalue weighted by atomic mass is 35.5. The number of anilines is 1. The lowest BCUT2D eigenvalue weighted by molar-refractivity contribution is -0.384. The van der Waals surface area contributed by atoms with Crippen molar-refractivity contribution >= 4 is 34.6 Å². The molecule has 2 rings (SSSR count). The van der Waals surface area contributed by atoms with E-state index in [1.54, 1.807) is 0 Å². The van der Waals surface area contributed by atoms with Crippen LogP contribution in [0.5, 0.6) is 0 Å². The van der Waals surface area contributed by atoms with Gasteiger partial charge in [-0.05, 0) is 6.92 Å². The van der Waals surface area contributed by atoms with E-state index in [4.69, 9.17) is 23.2 Å². The van der Waals surface area contributed by atoms with Gasteiger partial charge in [-0.2, -0.15) is 0 Å². The Kier molecular flexibility index (Phi) is 3.94. The third kappa shape index (κ3) is 2.68. The number of rotatable bonds is 2. The molecule has 1 aliphatic rings. The number of nitro benzene ring substituents is 1. The van der Waals surface area contributed by atoms with Gasteiger partial charge in [0.1, 0.15) is 0 Å². The van der Waals surface area contributed by atoms with Crippen molar-refractivity contribution in [3.63, 3.8) is 0 Å². The SMILES string of the molecule is C[C@H]1CN(c2c(Cl)cc([N+](=O)[O-])cc2Cl)CCN1. The number of non-ortho nitro benzene ring substituents is 1. The van der Waals surface area contributed by atoms with E-state index in [1.807, 2.05) is 0 Å². The van der Waals surface area contributed by atoms with E-state index in [9.17, 15) is 10.1 Å². The van der Waals surface area contributed by atoms with Crippen LogP contribution in [0.2, 0.25) is 10.0 Å². The third-order valence-corrected chi connectivity index (χ3v) is 3.47. The van der Waals surface area contributed by atoms with E-state index >= 15 is 0 Å². The summed E-state index contributed by atoms with van der Waals surface area (Å²) in [5, 5.41) is 14.7. The minimum absolute atomic E-state index is 0.0862. The summed E-state index contributed by atoms with van der Waals surface area (Å²) < 4.78 is 0. The van der Waals surface area contributed by atoms with Crippen LogP contribution < -0.4 is 10.2 Å². The van der Waals surface area contributed by atoms with Crippen LogP contribution in [0.3, 0.4) is 0 Å². The highest BCUT2D eigenvalue weighted by molar-refractivity contribution is 6.39. The quantitative estimate of drug-likeness (QED) is 0.672. The lowest BCUT2D eigenvalue weighted by Gasteiger charge is -2.34. The summed E-state index contributed by atoms with van der Waals surface area (Å²) in [6.07, 6.45) is 0. The number of benzene rings is 1. The number of nitro groups is 1. The van der Waals surface area contributed by atoms with Gasteiger partial charge in [0.25, 0.3) is 5.69 Å². The Bertz CT molecular complexity index is 458. The van der Waals surface area contributed by atoms with Crippen LogP contribution in [0, 0.1) is 10.1 Å². The second kappa shape index (κ2) is 5.30. The Labute approximate surface area is 115 Å². The van der Waals surface area contributed by atoms with Crippen LogP contribution in [-0.4, -0.2) is 30.6 Å². The molecule has 0 aromatic heterocycles. The first-order valence-electron chi connectivity index (χ1n) is 5.61. The smallest absolute Gasteiger partial charge is 0.272 e. The summed E-state index contributed by atoms with van der Waals surface area (Å²) in [6, 6.07) is 3.02. The summed E-state index contributed by atoms with van der Waals surface area (Å²) >= 11 is 12.2. The molecule has 1 atom stereocenters. The first-order valence-corrected chi connectivity index (χ1v) is 6.36. The number of nitrogens with one attached hydrogen (secondary N) is 1. The van der Waals surface area contributed by atoms with Crippen LogP contribution in [-0.2, 0) is 0 Å². The summed E-state index contributed by atoms with van der Waals surface area (Å²) in [6.45, 7) is 4.46. The summed E-state index contributed by atoms with van der Waals surface area (Å²) in [5.41, 5.74) is 0.592. The van der Waals surface area contributed by atoms with Crippen molar-refractivity contribution in [2.45, 2.75) is 13.0 Å². The fourth-order valence-corrected chi connectivity index (χ4v) is 2.81. The van der Waals surface area contributed by atoms with Crippen molar-refractivity contribution in [3.05, 3.63) is 32.3 Å². The molecule has 5 nitrogen and oxygen atoms in total. The van der Waals surface area contributed by atoms with Crippen LogP contribution in [0.25, 0.3) is 0 Å². The van der Waals surface area contributed by atoms with Gasteiger partial charge in [-0.15, -0.1) is 0 Å². The van der Waals surface area contributed by atoms with Gasteiger partial charge in [-0.25, -0.2) is 0 Å². The standard InChI is InChI=1S/C11H13Cl2N3O2/c1-7-6-15(3-2-14-7)11-9(12)4-8(16(17)18)5-10(11)13/h4-5,7,14H,2-3,6H2,1H3/t7-/m0/s1. The van der Waals surface area contributed by atoms with E-state index in [1.165, 1.54) is 12.1 Å². The molecule has 1 N–H and O–H groups in total.